The molecule has 74 valence electrons. The summed E-state index contributed by atoms with van der Waals surface area (Å²) in [6, 6.07) is 0. The van der Waals surface area contributed by atoms with Crippen molar-refractivity contribution >= 4 is 5.97 Å². The molecule has 0 bridgehead atoms. The molecule has 1 fully saturated rings. The molecule has 0 unspecified atom stereocenters. The lowest BCUT2D eigenvalue weighted by Gasteiger charge is -2.29. The molecule has 1 aliphatic rings. The van der Waals surface area contributed by atoms with Crippen LogP contribution in [0.4, 0.5) is 0 Å². The molecule has 1 N–H and O–H groups in total. The molecule has 1 rings (SSSR count). The van der Waals surface area contributed by atoms with E-state index in [2.05, 4.69) is 5.92 Å². The maximum atomic E-state index is 10.6. The van der Waals surface area contributed by atoms with E-state index in [1.54, 1.807) is 0 Å². The van der Waals surface area contributed by atoms with Gasteiger partial charge in [-0.05, 0) is 5.92 Å². The second-order valence-electron chi connectivity index (χ2n) is 3.41. The molecule has 3 nitrogen and oxygen atoms in total. The summed E-state index contributed by atoms with van der Waals surface area (Å²) in [6.07, 6.45) is 7.42. The van der Waals surface area contributed by atoms with Crippen LogP contribution in [0.1, 0.15) is 12.8 Å². The molecule has 0 aliphatic carbocycles. The average molecular weight is 248 g/mol. The Kier molecular flexibility index (Phi) is 5.04. The predicted octanol–water partition coefficient (Wildman–Crippen LogP) is -2.68. The zero-order chi connectivity index (χ0) is 9.03. The molecule has 0 spiro atoms. The minimum atomic E-state index is -0.743. The number of halogens is 1. The molecule has 4 heteroatoms. The topological polar surface area (TPSA) is 37.3 Å². The Morgan fingerprint density at radius 2 is 2.00 bits per heavy atom. The Morgan fingerprint density at radius 3 is 2.38 bits per heavy atom. The second-order valence-corrected chi connectivity index (χ2v) is 3.41. The van der Waals surface area contributed by atoms with Gasteiger partial charge in [0.25, 0.3) is 0 Å². The van der Waals surface area contributed by atoms with Gasteiger partial charge < -0.3 is 26.6 Å². The Balaban J connectivity index is 0.00000144. The molecular formula is C9H14BrNO2. The van der Waals surface area contributed by atoms with E-state index < -0.39 is 5.97 Å². The Labute approximate surface area is 89.1 Å². The van der Waals surface area contributed by atoms with Crippen molar-refractivity contribution in [2.75, 3.05) is 26.2 Å². The fourth-order valence-electron chi connectivity index (χ4n) is 1.86. The van der Waals surface area contributed by atoms with E-state index in [1.807, 2.05) is 0 Å². The SMILES string of the molecule is C#CC[N+]1(CC(=O)O)CCCC1.[Br-]. The molecule has 13 heavy (non-hydrogen) atoms. The monoisotopic (exact) mass is 247 g/mol. The van der Waals surface area contributed by atoms with Crippen molar-refractivity contribution < 1.29 is 31.4 Å². The zero-order valence-corrected chi connectivity index (χ0v) is 9.09. The first kappa shape index (κ1) is 12.5. The molecule has 0 radical (unpaired) electrons. The highest BCUT2D eigenvalue weighted by Gasteiger charge is 2.33. The van der Waals surface area contributed by atoms with Gasteiger partial charge in [-0.1, -0.05) is 0 Å². The summed E-state index contributed by atoms with van der Waals surface area (Å²) >= 11 is 0. The third-order valence-electron chi connectivity index (χ3n) is 2.41. The van der Waals surface area contributed by atoms with Crippen LogP contribution >= 0.6 is 0 Å². The van der Waals surface area contributed by atoms with Gasteiger partial charge >= 0.3 is 5.97 Å². The standard InChI is InChI=1S/C9H13NO2.BrH/c1-2-5-10(8-9(11)12)6-3-4-7-10;/h1H,3-8H2;1H. The maximum absolute atomic E-state index is 10.6. The van der Waals surface area contributed by atoms with Gasteiger partial charge in [-0.2, -0.15) is 0 Å². The molecule has 0 aromatic rings. The van der Waals surface area contributed by atoms with Gasteiger partial charge in [0.05, 0.1) is 13.1 Å². The van der Waals surface area contributed by atoms with Crippen molar-refractivity contribution in [3.05, 3.63) is 0 Å². The summed E-state index contributed by atoms with van der Waals surface area (Å²) in [4.78, 5) is 10.6. The first-order valence-electron chi connectivity index (χ1n) is 4.19. The molecule has 0 aromatic carbocycles. The number of hydrogen-bond acceptors (Lipinski definition) is 1. The molecule has 0 amide bonds. The highest BCUT2D eigenvalue weighted by Crippen LogP contribution is 2.18. The van der Waals surface area contributed by atoms with Gasteiger partial charge in [0.1, 0.15) is 6.54 Å². The van der Waals surface area contributed by atoms with Crippen molar-refractivity contribution in [3.8, 4) is 12.3 Å². The van der Waals surface area contributed by atoms with Crippen LogP contribution in [0.25, 0.3) is 0 Å². The maximum Gasteiger partial charge on any atom is 0.359 e. The normalized spacial score (nSPS) is 18.7. The number of terminal acetylenes is 1. The van der Waals surface area contributed by atoms with Gasteiger partial charge in [-0.3, -0.25) is 0 Å². The lowest BCUT2D eigenvalue weighted by Crippen LogP contribution is -3.00. The lowest BCUT2D eigenvalue weighted by atomic mass is 10.4. The smallest absolute Gasteiger partial charge is 0.359 e. The highest BCUT2D eigenvalue weighted by molar-refractivity contribution is 5.68. The van der Waals surface area contributed by atoms with Crippen molar-refractivity contribution in [1.82, 2.24) is 0 Å². The van der Waals surface area contributed by atoms with Crippen LogP contribution in [0, 0.1) is 12.3 Å². The summed E-state index contributed by atoms with van der Waals surface area (Å²) in [6.45, 7) is 2.60. The molecule has 1 aliphatic heterocycles. The number of nitrogens with zero attached hydrogens (tertiary/aromatic N) is 1. The number of rotatable bonds is 3. The van der Waals surface area contributed by atoms with Crippen LogP contribution in [0.15, 0.2) is 0 Å². The quantitative estimate of drug-likeness (QED) is 0.436. The molecule has 0 saturated carbocycles. The van der Waals surface area contributed by atoms with Crippen molar-refractivity contribution in [2.45, 2.75) is 12.8 Å². The van der Waals surface area contributed by atoms with Gasteiger partial charge in [0.15, 0.2) is 6.54 Å². The minimum absolute atomic E-state index is 0. The summed E-state index contributed by atoms with van der Waals surface area (Å²) in [5.41, 5.74) is 0. The summed E-state index contributed by atoms with van der Waals surface area (Å²) in [7, 11) is 0. The first-order chi connectivity index (χ1) is 5.68. The van der Waals surface area contributed by atoms with E-state index in [1.165, 1.54) is 0 Å². The number of carboxylic acid groups (broad SMARTS) is 1. The molecule has 0 aromatic heterocycles. The Morgan fingerprint density at radius 1 is 1.46 bits per heavy atom. The number of likely N-dealkylation sites (tertiary alicyclic amines) is 1. The van der Waals surface area contributed by atoms with Crippen molar-refractivity contribution in [3.63, 3.8) is 0 Å². The number of hydrogen-bond donors (Lipinski definition) is 1. The highest BCUT2D eigenvalue weighted by atomic mass is 79.9. The fourth-order valence-corrected chi connectivity index (χ4v) is 1.86. The van der Waals surface area contributed by atoms with Gasteiger partial charge in [0, 0.05) is 12.8 Å². The van der Waals surface area contributed by atoms with E-state index in [0.29, 0.717) is 11.0 Å². The third-order valence-corrected chi connectivity index (χ3v) is 2.41. The van der Waals surface area contributed by atoms with E-state index in [-0.39, 0.29) is 23.5 Å². The Bertz CT molecular complexity index is 216. The first-order valence-corrected chi connectivity index (χ1v) is 4.19. The summed E-state index contributed by atoms with van der Waals surface area (Å²) < 4.78 is 0.589. The minimum Gasteiger partial charge on any atom is -1.00 e. The van der Waals surface area contributed by atoms with E-state index in [4.69, 9.17) is 11.5 Å². The second kappa shape index (κ2) is 5.25. The summed E-state index contributed by atoms with van der Waals surface area (Å²) in [5, 5.41) is 8.68. The molecule has 1 heterocycles. The van der Waals surface area contributed by atoms with Crippen LogP contribution in [0.3, 0.4) is 0 Å². The van der Waals surface area contributed by atoms with Crippen LogP contribution < -0.4 is 17.0 Å². The van der Waals surface area contributed by atoms with E-state index in [0.717, 1.165) is 25.9 Å². The number of aliphatic carboxylic acids is 1. The average Bonchev–Trinajstić information content (AvgIpc) is 2.36. The molecular weight excluding hydrogens is 234 g/mol. The van der Waals surface area contributed by atoms with E-state index in [9.17, 15) is 4.79 Å². The predicted molar refractivity (Wildman–Crippen MR) is 45.4 cm³/mol. The lowest BCUT2D eigenvalue weighted by molar-refractivity contribution is -0.902. The van der Waals surface area contributed by atoms with Crippen molar-refractivity contribution in [1.29, 1.82) is 0 Å². The third kappa shape index (κ3) is 3.37. The fraction of sp³-hybridized carbons (Fsp3) is 0.667. The van der Waals surface area contributed by atoms with Crippen molar-refractivity contribution in [2.24, 2.45) is 0 Å². The van der Waals surface area contributed by atoms with Crippen LogP contribution in [0.5, 0.6) is 0 Å². The number of carboxylic acids is 1. The van der Waals surface area contributed by atoms with Gasteiger partial charge in [-0.15, -0.1) is 6.42 Å². The van der Waals surface area contributed by atoms with Gasteiger partial charge in [-0.25, -0.2) is 4.79 Å². The molecule has 1 saturated heterocycles. The molecule has 0 atom stereocenters. The van der Waals surface area contributed by atoms with Crippen LogP contribution in [0.2, 0.25) is 0 Å². The zero-order valence-electron chi connectivity index (χ0n) is 7.50. The Hall–Kier alpha value is -0.530. The van der Waals surface area contributed by atoms with Gasteiger partial charge in [0.2, 0.25) is 0 Å². The van der Waals surface area contributed by atoms with Crippen LogP contribution in [-0.2, 0) is 4.79 Å². The van der Waals surface area contributed by atoms with Crippen LogP contribution in [-0.4, -0.2) is 41.7 Å². The number of quaternary nitrogens is 1. The largest absolute Gasteiger partial charge is 1.00 e. The summed E-state index contributed by atoms with van der Waals surface area (Å²) in [5.74, 6) is 1.82. The number of carbonyl (C=O) groups is 1. The van der Waals surface area contributed by atoms with E-state index >= 15 is 0 Å².